The van der Waals surface area contributed by atoms with Gasteiger partial charge in [-0.05, 0) is 34.4 Å². The third-order valence-electron chi connectivity index (χ3n) is 19.3. The zero-order valence-corrected chi connectivity index (χ0v) is 56.7. The molecule has 6 fully saturated rings. The summed E-state index contributed by atoms with van der Waals surface area (Å²) in [5, 5.41) is 183. The van der Waals surface area contributed by atoms with Crippen molar-refractivity contribution in [1.82, 2.24) is 52.8 Å². The van der Waals surface area contributed by atoms with Gasteiger partial charge >= 0.3 is 5.97 Å². The molecule has 106 heavy (non-hydrogen) atoms. The third kappa shape index (κ3) is 18.1. The first-order chi connectivity index (χ1) is 50.7. The molecule has 38 nitrogen and oxygen atoms in total. The normalized spacial score (nSPS) is 33.8. The summed E-state index contributed by atoms with van der Waals surface area (Å²) in [7, 11) is 0. The Morgan fingerprint density at radius 2 is 1.08 bits per heavy atom. The number of rotatable bonds is 21. The van der Waals surface area contributed by atoms with E-state index in [1.807, 2.05) is 0 Å². The number of nitrogens with zero attached hydrogens (tertiary/aromatic N) is 1. The predicted molar refractivity (Wildman–Crippen MR) is 360 cm³/mol. The van der Waals surface area contributed by atoms with Gasteiger partial charge in [-0.25, -0.2) is 0 Å². The van der Waals surface area contributed by atoms with Gasteiger partial charge in [0.2, 0.25) is 41.7 Å². The summed E-state index contributed by atoms with van der Waals surface area (Å²) >= 11 is 0. The Bertz CT molecular complexity index is 3660. The van der Waals surface area contributed by atoms with Crippen LogP contribution in [-0.2, 0) is 63.7 Å². The lowest BCUT2D eigenvalue weighted by Crippen LogP contribution is -2.69. The van der Waals surface area contributed by atoms with Gasteiger partial charge < -0.3 is 148 Å². The summed E-state index contributed by atoms with van der Waals surface area (Å²) < 4.78 is 34.6. The van der Waals surface area contributed by atoms with Crippen LogP contribution in [0.25, 0.3) is 0 Å². The number of esters is 1. The number of aliphatic hydroxyl groups excluding tert-OH is 13. The van der Waals surface area contributed by atoms with Gasteiger partial charge in [0.15, 0.2) is 24.4 Å². The van der Waals surface area contributed by atoms with Gasteiger partial charge in [0.05, 0.1) is 38.4 Å². The molecule has 38 heteroatoms. The molecule has 6 amide bonds. The van der Waals surface area contributed by atoms with Crippen LogP contribution in [0.3, 0.4) is 0 Å². The number of hydrogen-bond donors (Lipinski definition) is 24. The summed E-state index contributed by atoms with van der Waals surface area (Å²) in [6.07, 6.45) is -32.6. The molecule has 4 aromatic rings. The monoisotopic (exact) mass is 1490 g/mol. The number of nitrogens with one attached hydrogen (secondary N) is 11. The standard InChI is InChI=1S/C68H88N12O26/c1-29(31-11-5-2-6-12-31)44-60(97)74-35(21-30-17-19-34(20-18-30)102-65-56(94)53(91)57(40(27-83)105-65)106-66-55(93)52(90)49(87)39(26-82)104-66)59(96)78-45(47(85)36-22-72-67(69)76-36)62(99)79-46(61(98)75-37(25-81)58(95)71-24-42(84)77-44)48(86)38-23-73-68(70)80(38)63-54(92)51(89)50(88)41(103-63)28-101-64(100)43(32-13-7-3-8-14-32)33-15-9-4-10-16-33/h2-20,29,35-41,43-57,63,65-66,81-83,85-94H,21-28H2,1H3,(H2,70,73)(H,71,95)(H,74,97)(H,75,98)(H,77,84)(H,78,96)(H,79,99)(H3,69,72,76). The molecule has 10 rings (SSSR count). The van der Waals surface area contributed by atoms with Crippen LogP contribution in [0.5, 0.6) is 5.75 Å². The minimum Gasteiger partial charge on any atom is -0.462 e. The fourth-order valence-corrected chi connectivity index (χ4v) is 13.3. The van der Waals surface area contributed by atoms with E-state index in [1.165, 1.54) is 24.3 Å². The topological polar surface area (TPSA) is 597 Å². The fourth-order valence-electron chi connectivity index (χ4n) is 13.3. The van der Waals surface area contributed by atoms with Gasteiger partial charge in [-0.1, -0.05) is 110 Å². The summed E-state index contributed by atoms with van der Waals surface area (Å²) in [6.45, 7) is -3.87. The van der Waals surface area contributed by atoms with Crippen LogP contribution in [-0.4, -0.2) is 317 Å². The number of carbonyl (C=O) groups excluding carboxylic acids is 7. The number of guanidine groups is 2. The first kappa shape index (κ1) is 79.4. The Hall–Kier alpha value is -9.17. The SMILES string of the molecule is CC(c1ccccc1)C1NC(=O)CNC(=O)C(CO)NC(=O)C(C(O)C2CNC(=N)N2C2OC(COC(=O)C(c3ccccc3)c3ccccc3)C(O)C(O)C2O)NC(=O)C(C(O)C2CNC(=N)N2)NC(=O)C(Cc2ccc(OC3OC(CO)C(OC4OC(CO)C(O)C(O)C4O)C(O)C3O)cc2)NC1=O. The molecule has 6 aliphatic rings. The van der Waals surface area contributed by atoms with E-state index < -0.39 is 252 Å². The first-order valence-corrected chi connectivity index (χ1v) is 34.0. The Kier molecular flexibility index (Phi) is 26.6. The Morgan fingerprint density at radius 1 is 0.528 bits per heavy atom. The van der Waals surface area contributed by atoms with Crippen LogP contribution in [0.2, 0.25) is 0 Å². The molecule has 0 aliphatic carbocycles. The van der Waals surface area contributed by atoms with Gasteiger partial charge in [-0.3, -0.25) is 44.4 Å². The van der Waals surface area contributed by atoms with E-state index in [0.717, 1.165) is 4.90 Å². The van der Waals surface area contributed by atoms with Gasteiger partial charge in [0, 0.05) is 25.4 Å². The van der Waals surface area contributed by atoms with E-state index in [9.17, 15) is 90.4 Å². The van der Waals surface area contributed by atoms with Crippen molar-refractivity contribution in [1.29, 1.82) is 10.8 Å². The first-order valence-electron chi connectivity index (χ1n) is 34.0. The van der Waals surface area contributed by atoms with Crippen LogP contribution in [0.1, 0.15) is 41.0 Å². The molecule has 0 spiro atoms. The Morgan fingerprint density at radius 3 is 1.68 bits per heavy atom. The van der Waals surface area contributed by atoms with Crippen molar-refractivity contribution in [2.24, 2.45) is 0 Å². The molecule has 4 aromatic carbocycles. The van der Waals surface area contributed by atoms with Crippen LogP contribution >= 0.6 is 0 Å². The predicted octanol–water partition coefficient (Wildman–Crippen LogP) is -9.81. The molecule has 0 saturated carbocycles. The van der Waals surface area contributed by atoms with Crippen molar-refractivity contribution in [2.45, 2.75) is 172 Å². The minimum absolute atomic E-state index is 0.0878. The summed E-state index contributed by atoms with van der Waals surface area (Å²) in [4.78, 5) is 103. The highest BCUT2D eigenvalue weighted by molar-refractivity contribution is 5.98. The maximum absolute atomic E-state index is 15.3. The van der Waals surface area contributed by atoms with E-state index in [0.29, 0.717) is 16.7 Å². The van der Waals surface area contributed by atoms with Crippen LogP contribution in [0.15, 0.2) is 115 Å². The lowest BCUT2D eigenvalue weighted by atomic mass is 9.91. The number of carbonyl (C=O) groups is 7. The second-order valence-electron chi connectivity index (χ2n) is 26.3. The Labute approximate surface area is 604 Å². The van der Waals surface area contributed by atoms with Crippen molar-refractivity contribution in [2.75, 3.05) is 46.1 Å². The molecule has 0 bridgehead atoms. The van der Waals surface area contributed by atoms with E-state index in [2.05, 4.69) is 47.9 Å². The van der Waals surface area contributed by atoms with Crippen molar-refractivity contribution in [3.05, 3.63) is 138 Å². The second kappa shape index (κ2) is 35.5. The Balaban J connectivity index is 0.937. The average Bonchev–Trinajstić information content (AvgIpc) is 1.52. The van der Waals surface area contributed by atoms with E-state index >= 15 is 9.59 Å². The lowest BCUT2D eigenvalue weighted by Gasteiger charge is -2.46. The third-order valence-corrected chi connectivity index (χ3v) is 19.3. The number of hydrogen-bond acceptors (Lipinski definition) is 28. The molecule has 25 atom stereocenters. The van der Waals surface area contributed by atoms with Crippen molar-refractivity contribution < 1.29 is 128 Å². The zero-order chi connectivity index (χ0) is 76.4. The quantitative estimate of drug-likeness (QED) is 0.0345. The lowest BCUT2D eigenvalue weighted by molar-refractivity contribution is -0.352. The van der Waals surface area contributed by atoms with E-state index in [1.54, 1.807) is 97.9 Å². The fraction of sp³-hybridized carbons (Fsp3) is 0.515. The molecule has 24 N–H and O–H groups in total. The maximum atomic E-state index is 15.3. The minimum atomic E-state index is -2.42. The van der Waals surface area contributed by atoms with Gasteiger partial charge in [0.25, 0.3) is 0 Å². The smallest absolute Gasteiger partial charge is 0.318 e. The van der Waals surface area contributed by atoms with Gasteiger partial charge in [0.1, 0.15) is 134 Å². The summed E-state index contributed by atoms with van der Waals surface area (Å²) in [5.74, 6) is -11.3. The van der Waals surface area contributed by atoms with Crippen LogP contribution < -0.4 is 52.6 Å². The highest BCUT2D eigenvalue weighted by Crippen LogP contribution is 2.34. The van der Waals surface area contributed by atoms with Crippen LogP contribution in [0, 0.1) is 10.8 Å². The zero-order valence-electron chi connectivity index (χ0n) is 56.7. The second-order valence-corrected chi connectivity index (χ2v) is 26.3. The molecule has 6 aliphatic heterocycles. The number of amides is 6. The molecule has 25 unspecified atom stereocenters. The molecule has 576 valence electrons. The molecular formula is C68H88N12O26. The molecule has 0 aromatic heterocycles. The van der Waals surface area contributed by atoms with E-state index in [4.69, 9.17) is 39.2 Å². The van der Waals surface area contributed by atoms with E-state index in [-0.39, 0.29) is 23.8 Å². The highest BCUT2D eigenvalue weighted by atomic mass is 16.7. The summed E-state index contributed by atoms with van der Waals surface area (Å²) in [5.41, 5.74) is 1.74. The molecular weight excluding hydrogens is 1400 g/mol. The van der Waals surface area contributed by atoms with Gasteiger partial charge in [-0.15, -0.1) is 0 Å². The largest absolute Gasteiger partial charge is 0.462 e. The molecule has 0 radical (unpaired) electrons. The van der Waals surface area contributed by atoms with Crippen molar-refractivity contribution in [3.63, 3.8) is 0 Å². The molecule has 6 saturated heterocycles. The number of aliphatic hydroxyl groups is 13. The summed E-state index contributed by atoms with van der Waals surface area (Å²) in [6, 6.07) is 17.5. The number of benzene rings is 4. The highest BCUT2D eigenvalue weighted by Gasteiger charge is 2.55. The number of ether oxygens (including phenoxy) is 6. The maximum Gasteiger partial charge on any atom is 0.318 e. The van der Waals surface area contributed by atoms with Crippen LogP contribution in [0.4, 0.5) is 0 Å². The van der Waals surface area contributed by atoms with Crippen molar-refractivity contribution in [3.8, 4) is 5.75 Å². The molecule has 6 heterocycles. The van der Waals surface area contributed by atoms with Gasteiger partial charge in [-0.2, -0.15) is 0 Å². The average molecular weight is 1490 g/mol. The van der Waals surface area contributed by atoms with Crippen molar-refractivity contribution >= 4 is 53.3 Å².